The van der Waals surface area contributed by atoms with Gasteiger partial charge in [-0.3, -0.25) is 0 Å². The van der Waals surface area contributed by atoms with Crippen molar-refractivity contribution in [3.8, 4) is 17.5 Å². The van der Waals surface area contributed by atoms with E-state index < -0.39 is 12.1 Å². The van der Waals surface area contributed by atoms with E-state index in [0.29, 0.717) is 37.2 Å². The maximum atomic E-state index is 12.5. The Bertz CT molecular complexity index is 818. The number of nitriles is 1. The third kappa shape index (κ3) is 3.93. The van der Waals surface area contributed by atoms with Crippen LogP contribution in [0.1, 0.15) is 18.7 Å². The molecule has 2 aromatic rings. The van der Waals surface area contributed by atoms with Gasteiger partial charge >= 0.3 is 18.1 Å². The molecule has 26 heavy (non-hydrogen) atoms. The first-order valence-corrected chi connectivity index (χ1v) is 7.83. The summed E-state index contributed by atoms with van der Waals surface area (Å²) in [7, 11) is 0. The monoisotopic (exact) mass is 365 g/mol. The second-order valence-corrected chi connectivity index (χ2v) is 5.82. The van der Waals surface area contributed by atoms with Crippen molar-refractivity contribution in [1.82, 2.24) is 15.0 Å². The number of halogens is 3. The molecule has 2 amide bonds. The molecule has 136 valence electrons. The zero-order chi connectivity index (χ0) is 18.7. The summed E-state index contributed by atoms with van der Waals surface area (Å²) < 4.78 is 41.6. The summed E-state index contributed by atoms with van der Waals surface area (Å²) in [6, 6.07) is 7.97. The smallest absolute Gasteiger partial charge is 0.329 e. The number of carbonyl (C=O) groups excluding carboxylic acids is 1. The molecule has 2 heterocycles. The lowest BCUT2D eigenvalue weighted by molar-refractivity contribution is -0.159. The quantitative estimate of drug-likeness (QED) is 0.878. The van der Waals surface area contributed by atoms with Crippen molar-refractivity contribution in [3.63, 3.8) is 0 Å². The molecule has 3 rings (SSSR count). The highest BCUT2D eigenvalue weighted by molar-refractivity contribution is 5.89. The average Bonchev–Trinajstić information content (AvgIpc) is 3.13. The highest BCUT2D eigenvalue weighted by Gasteiger charge is 2.38. The molecule has 1 aliphatic rings. The van der Waals surface area contributed by atoms with Crippen molar-refractivity contribution in [2.24, 2.45) is 5.92 Å². The van der Waals surface area contributed by atoms with E-state index in [2.05, 4.69) is 26.0 Å². The van der Waals surface area contributed by atoms with E-state index in [1.54, 1.807) is 17.0 Å². The maximum absolute atomic E-state index is 12.5. The van der Waals surface area contributed by atoms with Crippen LogP contribution in [0.5, 0.6) is 0 Å². The fourth-order valence-electron chi connectivity index (χ4n) is 2.57. The first-order valence-electron chi connectivity index (χ1n) is 7.83. The first-order chi connectivity index (χ1) is 12.4. The molecule has 0 spiro atoms. The van der Waals surface area contributed by atoms with E-state index in [0.717, 1.165) is 0 Å². The first kappa shape index (κ1) is 17.7. The van der Waals surface area contributed by atoms with E-state index in [1.165, 1.54) is 12.1 Å². The lowest BCUT2D eigenvalue weighted by Crippen LogP contribution is -2.40. The molecule has 0 radical (unpaired) electrons. The molecular formula is C16H14F3N5O2. The molecule has 1 fully saturated rings. The van der Waals surface area contributed by atoms with Crippen LogP contribution in [-0.4, -0.2) is 34.2 Å². The molecule has 1 aliphatic heterocycles. The minimum Gasteiger partial charge on any atom is -0.329 e. The van der Waals surface area contributed by atoms with Crippen molar-refractivity contribution >= 4 is 11.7 Å². The lowest BCUT2D eigenvalue weighted by Gasteiger charge is -2.29. The molecule has 0 saturated carbocycles. The molecule has 1 aromatic carbocycles. The summed E-state index contributed by atoms with van der Waals surface area (Å²) in [6.45, 7) is 1.01. The van der Waals surface area contributed by atoms with Gasteiger partial charge in [0.25, 0.3) is 0 Å². The van der Waals surface area contributed by atoms with Gasteiger partial charge in [-0.1, -0.05) is 5.16 Å². The number of likely N-dealkylation sites (tertiary alicyclic amines) is 1. The van der Waals surface area contributed by atoms with E-state index in [1.807, 2.05) is 0 Å². The maximum Gasteiger partial charge on any atom is 0.471 e. The van der Waals surface area contributed by atoms with Gasteiger partial charge in [-0.25, -0.2) is 4.79 Å². The number of nitrogens with zero attached hydrogens (tertiary/aromatic N) is 4. The van der Waals surface area contributed by atoms with Gasteiger partial charge in [0.2, 0.25) is 5.82 Å². The second-order valence-electron chi connectivity index (χ2n) is 5.82. The van der Waals surface area contributed by atoms with Gasteiger partial charge < -0.3 is 14.7 Å². The summed E-state index contributed by atoms with van der Waals surface area (Å²) in [5, 5.41) is 14.9. The van der Waals surface area contributed by atoms with Crippen LogP contribution in [0.25, 0.3) is 11.4 Å². The van der Waals surface area contributed by atoms with E-state index in [-0.39, 0.29) is 17.8 Å². The number of hydrogen-bond acceptors (Lipinski definition) is 5. The number of carbonyl (C=O) groups is 1. The van der Waals surface area contributed by atoms with Crippen LogP contribution in [0.15, 0.2) is 28.8 Å². The third-order valence-corrected chi connectivity index (χ3v) is 4.03. The van der Waals surface area contributed by atoms with E-state index in [4.69, 9.17) is 5.26 Å². The molecule has 1 aromatic heterocycles. The Balaban J connectivity index is 1.62. The van der Waals surface area contributed by atoms with Crippen LogP contribution in [0, 0.1) is 17.2 Å². The second kappa shape index (κ2) is 7.03. The van der Waals surface area contributed by atoms with Gasteiger partial charge in [-0.15, -0.1) is 0 Å². The number of alkyl halides is 3. The van der Waals surface area contributed by atoms with Crippen LogP contribution in [0.4, 0.5) is 23.7 Å². The SMILES string of the molecule is N#CC1CCN(C(=O)Nc2ccc(-c3noc(C(F)(F)F)n3)cc2)CC1. The number of piperidine rings is 1. The molecule has 0 aliphatic carbocycles. The minimum absolute atomic E-state index is 0.0186. The number of anilines is 1. The van der Waals surface area contributed by atoms with Gasteiger partial charge in [-0.05, 0) is 37.1 Å². The summed E-state index contributed by atoms with van der Waals surface area (Å²) in [5.41, 5.74) is 0.817. The van der Waals surface area contributed by atoms with Crippen LogP contribution < -0.4 is 5.32 Å². The van der Waals surface area contributed by atoms with E-state index in [9.17, 15) is 18.0 Å². The molecule has 0 bridgehead atoms. The number of benzene rings is 1. The van der Waals surface area contributed by atoms with Crippen LogP contribution in [0.2, 0.25) is 0 Å². The Morgan fingerprint density at radius 1 is 1.27 bits per heavy atom. The summed E-state index contributed by atoms with van der Waals surface area (Å²) in [4.78, 5) is 17.1. The third-order valence-electron chi connectivity index (χ3n) is 4.03. The number of rotatable bonds is 2. The number of amides is 2. The van der Waals surface area contributed by atoms with Crippen molar-refractivity contribution in [2.45, 2.75) is 19.0 Å². The number of nitrogens with one attached hydrogen (secondary N) is 1. The fraction of sp³-hybridized carbons (Fsp3) is 0.375. The van der Waals surface area contributed by atoms with Crippen LogP contribution in [-0.2, 0) is 6.18 Å². The lowest BCUT2D eigenvalue weighted by atomic mass is 9.99. The zero-order valence-corrected chi connectivity index (χ0v) is 13.5. The summed E-state index contributed by atoms with van der Waals surface area (Å²) in [5.74, 6) is -1.62. The predicted octanol–water partition coefficient (Wildman–Crippen LogP) is 3.52. The molecular weight excluding hydrogens is 351 g/mol. The van der Waals surface area contributed by atoms with Crippen molar-refractivity contribution in [1.29, 1.82) is 5.26 Å². The zero-order valence-electron chi connectivity index (χ0n) is 13.5. The van der Waals surface area contributed by atoms with Gasteiger partial charge in [0.1, 0.15) is 0 Å². The van der Waals surface area contributed by atoms with Crippen molar-refractivity contribution in [3.05, 3.63) is 30.2 Å². The molecule has 0 atom stereocenters. The number of urea groups is 1. The summed E-state index contributed by atoms with van der Waals surface area (Å²) >= 11 is 0. The molecule has 10 heteroatoms. The highest BCUT2D eigenvalue weighted by atomic mass is 19.4. The summed E-state index contributed by atoms with van der Waals surface area (Å²) in [6.07, 6.45) is -3.41. The van der Waals surface area contributed by atoms with Gasteiger partial charge in [0.05, 0.1) is 6.07 Å². The van der Waals surface area contributed by atoms with Gasteiger partial charge in [-0.2, -0.15) is 23.4 Å². The Morgan fingerprint density at radius 3 is 2.46 bits per heavy atom. The number of aromatic nitrogens is 2. The molecule has 1 N–H and O–H groups in total. The molecule has 0 unspecified atom stereocenters. The van der Waals surface area contributed by atoms with E-state index >= 15 is 0 Å². The average molecular weight is 365 g/mol. The van der Waals surface area contributed by atoms with Gasteiger partial charge in [0.15, 0.2) is 0 Å². The standard InChI is InChI=1S/C16H14F3N5O2/c17-16(18,19)14-22-13(23-26-14)11-1-3-12(4-2-11)21-15(25)24-7-5-10(9-20)6-8-24/h1-4,10H,5-8H2,(H,21,25). The highest BCUT2D eigenvalue weighted by Crippen LogP contribution is 2.29. The largest absolute Gasteiger partial charge is 0.471 e. The van der Waals surface area contributed by atoms with Crippen molar-refractivity contribution in [2.75, 3.05) is 18.4 Å². The Hall–Kier alpha value is -3.09. The van der Waals surface area contributed by atoms with Gasteiger partial charge in [0, 0.05) is 30.3 Å². The predicted molar refractivity (Wildman–Crippen MR) is 83.7 cm³/mol. The molecule has 1 saturated heterocycles. The Kier molecular flexibility index (Phi) is 4.79. The van der Waals surface area contributed by atoms with Crippen LogP contribution in [0.3, 0.4) is 0 Å². The normalized spacial score (nSPS) is 15.5. The molecule has 7 nitrogen and oxygen atoms in total. The topological polar surface area (TPSA) is 95.1 Å². The number of hydrogen-bond donors (Lipinski definition) is 1. The Labute approximate surface area is 146 Å². The minimum atomic E-state index is -4.70. The van der Waals surface area contributed by atoms with Crippen LogP contribution >= 0.6 is 0 Å². The Morgan fingerprint density at radius 2 is 1.92 bits per heavy atom. The fourth-order valence-corrected chi connectivity index (χ4v) is 2.57. The van der Waals surface area contributed by atoms with Crippen molar-refractivity contribution < 1.29 is 22.5 Å².